The number of benzene rings is 5. The molecule has 0 aliphatic heterocycles. The van der Waals surface area contributed by atoms with E-state index in [1.54, 1.807) is 24.3 Å². The molecule has 0 bridgehead atoms. The predicted octanol–water partition coefficient (Wildman–Crippen LogP) is 16.6. The van der Waals surface area contributed by atoms with E-state index in [-0.39, 0.29) is 46.1 Å². The van der Waals surface area contributed by atoms with Crippen LogP contribution in [0.4, 0.5) is 0 Å². The second-order valence-electron chi connectivity index (χ2n) is 19.8. The highest BCUT2D eigenvalue weighted by atomic mass is 32.2. The number of carbonyl (C=O) groups excluding carboxylic acids is 3. The van der Waals surface area contributed by atoms with Gasteiger partial charge in [-0.1, -0.05) is 169 Å². The molecule has 3 aliphatic rings. The molecule has 0 spiro atoms. The molecule has 0 radical (unpaired) electrons. The SMILES string of the molecule is CCCCCCCCC1CCC(c2ccc(-c3ccc(Sc4cc(-c5cc(C)c(C(=O)OC6CCC(CCCCC)CC6)c(C)c5)c(O)c5c4C(=O)c4ccccc4C5=O)cc3)cc2)CC1. The van der Waals surface area contributed by atoms with Crippen molar-refractivity contribution in [2.24, 2.45) is 11.8 Å². The normalized spacial score (nSPS) is 19.3. The second kappa shape index (κ2) is 22.2. The van der Waals surface area contributed by atoms with Gasteiger partial charge >= 0.3 is 5.97 Å². The lowest BCUT2D eigenvalue weighted by molar-refractivity contribution is 0.0159. The van der Waals surface area contributed by atoms with Crippen LogP contribution >= 0.6 is 11.8 Å². The molecule has 5 aromatic carbocycles. The molecule has 8 rings (SSSR count). The first kappa shape index (κ1) is 47.5. The fourth-order valence-electron chi connectivity index (χ4n) is 11.2. The third kappa shape index (κ3) is 10.9. The molecule has 0 aromatic heterocycles. The molecule has 2 fully saturated rings. The van der Waals surface area contributed by atoms with Crippen molar-refractivity contribution < 1.29 is 24.2 Å². The summed E-state index contributed by atoms with van der Waals surface area (Å²) in [6, 6.07) is 29.9. The Kier molecular flexibility index (Phi) is 16.0. The first-order chi connectivity index (χ1) is 32.1. The standard InChI is InChI=1S/C60H70O5S/c1-5-7-9-10-11-13-17-41-20-24-43(25-21-41)44-26-28-45(29-27-44)46-30-34-49(35-31-46)66-53-38-52(59(63)56-55(53)57(61)50-18-14-15-19-51(50)58(56)62)47-36-39(3)54(40(4)37-47)60(64)65-48-32-22-42(23-33-48)16-12-8-6-2/h14-15,18-19,26-31,34-38,41-43,48,63H,5-13,16-17,20-25,32-33H2,1-4H3. The minimum Gasteiger partial charge on any atom is -0.507 e. The van der Waals surface area contributed by atoms with Crippen molar-refractivity contribution in [3.05, 3.63) is 136 Å². The number of fused-ring (bicyclic) bond motifs is 2. The Morgan fingerprint density at radius 2 is 1.11 bits per heavy atom. The number of esters is 1. The molecule has 2 saturated carbocycles. The number of ether oxygens (including phenoxy) is 1. The first-order valence-corrected chi connectivity index (χ1v) is 26.2. The van der Waals surface area contributed by atoms with Crippen LogP contribution in [-0.2, 0) is 4.74 Å². The van der Waals surface area contributed by atoms with E-state index in [0.29, 0.717) is 33.1 Å². The number of carbonyl (C=O) groups is 3. The molecule has 0 unspecified atom stereocenters. The maximum Gasteiger partial charge on any atom is 0.338 e. The van der Waals surface area contributed by atoms with E-state index >= 15 is 0 Å². The van der Waals surface area contributed by atoms with Crippen LogP contribution in [0.2, 0.25) is 0 Å². The number of aryl methyl sites for hydroxylation is 2. The molecular weight excluding hydrogens is 833 g/mol. The van der Waals surface area contributed by atoms with Gasteiger partial charge in [0.15, 0.2) is 11.6 Å². The van der Waals surface area contributed by atoms with Crippen molar-refractivity contribution in [2.75, 3.05) is 0 Å². The zero-order chi connectivity index (χ0) is 46.2. The Hall–Kier alpha value is -4.94. The van der Waals surface area contributed by atoms with Crippen LogP contribution in [0.3, 0.4) is 0 Å². The Morgan fingerprint density at radius 3 is 1.71 bits per heavy atom. The quantitative estimate of drug-likeness (QED) is 0.0684. The van der Waals surface area contributed by atoms with E-state index < -0.39 is 0 Å². The summed E-state index contributed by atoms with van der Waals surface area (Å²) in [5, 5.41) is 12.0. The third-order valence-electron chi connectivity index (χ3n) is 15.1. The molecule has 0 atom stereocenters. The fourth-order valence-corrected chi connectivity index (χ4v) is 12.2. The summed E-state index contributed by atoms with van der Waals surface area (Å²) in [4.78, 5) is 43.7. The highest BCUT2D eigenvalue weighted by Gasteiger charge is 2.36. The summed E-state index contributed by atoms with van der Waals surface area (Å²) in [5.74, 6) is 1.05. The van der Waals surface area contributed by atoms with Gasteiger partial charge in [0.25, 0.3) is 0 Å². The molecule has 6 heteroatoms. The Bertz CT molecular complexity index is 2460. The average Bonchev–Trinajstić information content (AvgIpc) is 3.33. The summed E-state index contributed by atoms with van der Waals surface area (Å²) in [6.45, 7) is 8.31. The molecule has 3 aliphatic carbocycles. The predicted molar refractivity (Wildman–Crippen MR) is 270 cm³/mol. The van der Waals surface area contributed by atoms with Crippen LogP contribution in [0.15, 0.2) is 101 Å². The van der Waals surface area contributed by atoms with Gasteiger partial charge in [0.2, 0.25) is 0 Å². The van der Waals surface area contributed by atoms with Gasteiger partial charge in [-0.2, -0.15) is 0 Å². The number of unbranched alkanes of at least 4 members (excludes halogenated alkanes) is 7. The zero-order valence-corrected chi connectivity index (χ0v) is 40.7. The summed E-state index contributed by atoms with van der Waals surface area (Å²) in [7, 11) is 0. The lowest BCUT2D eigenvalue weighted by Gasteiger charge is -2.29. The van der Waals surface area contributed by atoms with E-state index in [9.17, 15) is 19.5 Å². The lowest BCUT2D eigenvalue weighted by Crippen LogP contribution is -2.25. The van der Waals surface area contributed by atoms with Crippen LogP contribution in [0, 0.1) is 25.7 Å². The minimum atomic E-state index is -0.380. The molecule has 5 aromatic rings. The number of hydrogen-bond donors (Lipinski definition) is 1. The van der Waals surface area contributed by atoms with Gasteiger partial charge in [-0.25, -0.2) is 4.79 Å². The molecular formula is C60H70O5S. The molecule has 1 N–H and O–H groups in total. The van der Waals surface area contributed by atoms with Crippen LogP contribution in [0.25, 0.3) is 22.3 Å². The van der Waals surface area contributed by atoms with Gasteiger partial charge in [0.05, 0.1) is 16.7 Å². The Labute approximate surface area is 398 Å². The van der Waals surface area contributed by atoms with Gasteiger partial charge in [0, 0.05) is 26.5 Å². The van der Waals surface area contributed by atoms with E-state index in [2.05, 4.69) is 62.4 Å². The maximum absolute atomic E-state index is 14.3. The van der Waals surface area contributed by atoms with Crippen LogP contribution in [0.1, 0.15) is 201 Å². The topological polar surface area (TPSA) is 80.7 Å². The summed E-state index contributed by atoms with van der Waals surface area (Å²) in [5.41, 5.74) is 7.68. The Balaban J connectivity index is 0.989. The van der Waals surface area contributed by atoms with E-state index in [1.807, 2.05) is 32.0 Å². The number of phenolic OH excluding ortho intramolecular Hbond substituents is 1. The third-order valence-corrected chi connectivity index (χ3v) is 16.1. The smallest absolute Gasteiger partial charge is 0.338 e. The summed E-state index contributed by atoms with van der Waals surface area (Å²) < 4.78 is 6.12. The van der Waals surface area contributed by atoms with E-state index in [1.165, 1.54) is 114 Å². The number of rotatable bonds is 18. The van der Waals surface area contributed by atoms with Crippen molar-refractivity contribution >= 4 is 29.3 Å². The summed E-state index contributed by atoms with van der Waals surface area (Å²) in [6.07, 6.45) is 23.9. The number of phenols is 1. The second-order valence-corrected chi connectivity index (χ2v) is 20.9. The van der Waals surface area contributed by atoms with Gasteiger partial charge in [-0.15, -0.1) is 0 Å². The highest BCUT2D eigenvalue weighted by molar-refractivity contribution is 7.99. The molecule has 0 heterocycles. The van der Waals surface area contributed by atoms with Crippen molar-refractivity contribution in [2.45, 2.75) is 172 Å². The van der Waals surface area contributed by atoms with Gasteiger partial charge < -0.3 is 9.84 Å². The monoisotopic (exact) mass is 902 g/mol. The zero-order valence-electron chi connectivity index (χ0n) is 39.9. The van der Waals surface area contributed by atoms with Crippen LogP contribution < -0.4 is 0 Å². The van der Waals surface area contributed by atoms with Crippen molar-refractivity contribution in [1.29, 1.82) is 0 Å². The Morgan fingerprint density at radius 1 is 0.591 bits per heavy atom. The van der Waals surface area contributed by atoms with Crippen molar-refractivity contribution in [1.82, 2.24) is 0 Å². The average molecular weight is 903 g/mol. The number of ketones is 2. The van der Waals surface area contributed by atoms with Crippen molar-refractivity contribution in [3.63, 3.8) is 0 Å². The highest BCUT2D eigenvalue weighted by Crippen LogP contribution is 2.47. The van der Waals surface area contributed by atoms with Crippen LogP contribution in [-0.4, -0.2) is 28.7 Å². The molecule has 346 valence electrons. The number of hydrogen-bond acceptors (Lipinski definition) is 6. The van der Waals surface area contributed by atoms with Gasteiger partial charge in [-0.05, 0) is 135 Å². The molecule has 0 amide bonds. The van der Waals surface area contributed by atoms with Crippen LogP contribution in [0.5, 0.6) is 5.75 Å². The van der Waals surface area contributed by atoms with Gasteiger partial charge in [-0.3, -0.25) is 9.59 Å². The fraction of sp³-hybridized carbons (Fsp3) is 0.450. The molecule has 66 heavy (non-hydrogen) atoms. The molecule has 0 saturated heterocycles. The minimum absolute atomic E-state index is 0.0193. The van der Waals surface area contributed by atoms with E-state index in [4.69, 9.17) is 4.74 Å². The number of aromatic hydroxyl groups is 1. The first-order valence-electron chi connectivity index (χ1n) is 25.4. The van der Waals surface area contributed by atoms with E-state index in [0.717, 1.165) is 64.7 Å². The summed E-state index contributed by atoms with van der Waals surface area (Å²) >= 11 is 1.42. The van der Waals surface area contributed by atoms with Gasteiger partial charge in [0.1, 0.15) is 11.9 Å². The lowest BCUT2D eigenvalue weighted by atomic mass is 9.77. The largest absolute Gasteiger partial charge is 0.507 e. The van der Waals surface area contributed by atoms with Crippen molar-refractivity contribution in [3.8, 4) is 28.0 Å². The molecule has 5 nitrogen and oxygen atoms in total. The maximum atomic E-state index is 14.3.